The van der Waals surface area contributed by atoms with Gasteiger partial charge in [-0.25, -0.2) is 13.4 Å². The third-order valence-electron chi connectivity index (χ3n) is 5.14. The van der Waals surface area contributed by atoms with Crippen LogP contribution in [0.25, 0.3) is 0 Å². The number of rotatable bonds is 12. The summed E-state index contributed by atoms with van der Waals surface area (Å²) in [4.78, 5) is 11.2. The lowest BCUT2D eigenvalue weighted by atomic mass is 10.3. The summed E-state index contributed by atoms with van der Waals surface area (Å²) in [7, 11) is -3.91. The molecule has 1 heterocycles. The van der Waals surface area contributed by atoms with Crippen LogP contribution in [0.5, 0.6) is 11.5 Å². The number of ether oxygens (including phenoxy) is 2. The van der Waals surface area contributed by atoms with Gasteiger partial charge in [-0.05, 0) is 71.0 Å². The molecule has 0 bridgehead atoms. The van der Waals surface area contributed by atoms with Gasteiger partial charge in [0.25, 0.3) is 10.0 Å². The fourth-order valence-electron chi connectivity index (χ4n) is 3.51. The molecule has 10 heteroatoms. The van der Waals surface area contributed by atoms with Gasteiger partial charge >= 0.3 is 0 Å². The van der Waals surface area contributed by atoms with Crippen molar-refractivity contribution in [2.45, 2.75) is 39.5 Å². The van der Waals surface area contributed by atoms with Crippen molar-refractivity contribution in [3.63, 3.8) is 0 Å². The number of benzene rings is 2. The third-order valence-corrected chi connectivity index (χ3v) is 6.54. The van der Waals surface area contributed by atoms with Gasteiger partial charge in [-0.15, -0.1) is 0 Å². The van der Waals surface area contributed by atoms with Crippen molar-refractivity contribution < 1.29 is 17.9 Å². The first-order valence-electron chi connectivity index (χ1n) is 11.7. The van der Waals surface area contributed by atoms with E-state index >= 15 is 0 Å². The van der Waals surface area contributed by atoms with Crippen molar-refractivity contribution in [1.82, 2.24) is 9.97 Å². The lowest BCUT2D eigenvalue weighted by molar-refractivity contribution is 0.322. The first-order chi connectivity index (χ1) is 16.8. The number of sulfonamides is 1. The Labute approximate surface area is 207 Å². The van der Waals surface area contributed by atoms with Crippen LogP contribution in [0, 0.1) is 6.92 Å². The molecule has 2 N–H and O–H groups in total. The summed E-state index contributed by atoms with van der Waals surface area (Å²) in [6, 6.07) is 13.6. The molecule has 0 aliphatic rings. The fraction of sp³-hybridized carbons (Fsp3) is 0.360. The summed E-state index contributed by atoms with van der Waals surface area (Å²) < 4.78 is 39.9. The van der Waals surface area contributed by atoms with Gasteiger partial charge in [0.15, 0.2) is 0 Å². The number of hydrogen-bond acceptors (Lipinski definition) is 8. The van der Waals surface area contributed by atoms with Crippen molar-refractivity contribution in [1.29, 1.82) is 0 Å². The molecule has 3 rings (SSSR count). The van der Waals surface area contributed by atoms with Crippen molar-refractivity contribution in [3.8, 4) is 11.5 Å². The van der Waals surface area contributed by atoms with Gasteiger partial charge in [-0.2, -0.15) is 4.98 Å². The second kappa shape index (κ2) is 11.7. The van der Waals surface area contributed by atoms with Crippen LogP contribution in [0.3, 0.4) is 0 Å². The van der Waals surface area contributed by atoms with Crippen LogP contribution in [0.1, 0.15) is 33.4 Å². The average Bonchev–Trinajstić information content (AvgIpc) is 2.82. The maximum absolute atomic E-state index is 13.1. The smallest absolute Gasteiger partial charge is 0.265 e. The molecule has 0 spiro atoms. The van der Waals surface area contributed by atoms with Crippen molar-refractivity contribution >= 4 is 33.2 Å². The minimum Gasteiger partial charge on any atom is -0.494 e. The summed E-state index contributed by atoms with van der Waals surface area (Å²) >= 11 is 0. The Hall–Kier alpha value is -3.53. The third kappa shape index (κ3) is 6.75. The first-order valence-corrected chi connectivity index (χ1v) is 13.2. The molecule has 0 amide bonds. The second-order valence-corrected chi connectivity index (χ2v) is 9.30. The largest absolute Gasteiger partial charge is 0.494 e. The summed E-state index contributed by atoms with van der Waals surface area (Å²) in [5.41, 5.74) is 2.00. The highest BCUT2D eigenvalue weighted by molar-refractivity contribution is 7.92. The maximum atomic E-state index is 13.1. The fourth-order valence-corrected chi connectivity index (χ4v) is 4.73. The average molecular weight is 500 g/mol. The molecule has 2 aromatic carbocycles. The van der Waals surface area contributed by atoms with E-state index in [0.29, 0.717) is 30.6 Å². The molecular weight excluding hydrogens is 466 g/mol. The highest BCUT2D eigenvalue weighted by Crippen LogP contribution is 2.30. The zero-order valence-corrected chi connectivity index (χ0v) is 21.6. The minimum atomic E-state index is -3.91. The molecule has 188 valence electrons. The maximum Gasteiger partial charge on any atom is 0.265 e. The zero-order chi connectivity index (χ0) is 25.4. The number of anilines is 4. The van der Waals surface area contributed by atoms with Gasteiger partial charge in [-0.3, -0.25) is 4.72 Å². The van der Waals surface area contributed by atoms with Crippen LogP contribution in [-0.4, -0.2) is 44.7 Å². The lowest BCUT2D eigenvalue weighted by Gasteiger charge is -2.20. The van der Waals surface area contributed by atoms with Crippen molar-refractivity contribution in [3.05, 3.63) is 54.2 Å². The van der Waals surface area contributed by atoms with Gasteiger partial charge < -0.3 is 19.7 Å². The number of nitrogens with one attached hydrogen (secondary N) is 2. The quantitative estimate of drug-likeness (QED) is 0.360. The van der Waals surface area contributed by atoms with E-state index in [0.717, 1.165) is 30.3 Å². The van der Waals surface area contributed by atoms with Crippen molar-refractivity contribution in [2.75, 3.05) is 41.2 Å². The van der Waals surface area contributed by atoms with Gasteiger partial charge in [0.2, 0.25) is 5.95 Å². The molecule has 1 aromatic heterocycles. The highest BCUT2D eigenvalue weighted by Gasteiger charge is 2.21. The Bertz CT molecular complexity index is 1230. The summed E-state index contributed by atoms with van der Waals surface area (Å²) in [6.45, 7) is 12.2. The van der Waals surface area contributed by atoms with Gasteiger partial charge in [0.1, 0.15) is 22.2 Å². The van der Waals surface area contributed by atoms with E-state index in [-0.39, 0.29) is 10.6 Å². The normalized spacial score (nSPS) is 11.1. The van der Waals surface area contributed by atoms with Crippen LogP contribution < -0.4 is 24.4 Å². The van der Waals surface area contributed by atoms with Crippen LogP contribution >= 0.6 is 0 Å². The van der Waals surface area contributed by atoms with Crippen LogP contribution in [0.4, 0.5) is 23.1 Å². The van der Waals surface area contributed by atoms with E-state index < -0.39 is 10.0 Å². The molecule has 0 aliphatic heterocycles. The van der Waals surface area contributed by atoms with Crippen molar-refractivity contribution in [2.24, 2.45) is 0 Å². The standard InChI is InChI=1S/C25H33N5O4S/c1-6-30(7-2)24-16-18(5)26-25(28-24)27-19-10-12-20(13-11-19)29-35(31,32)23-17-21(33-8-3)14-15-22(23)34-9-4/h10-17,29H,6-9H2,1-5H3,(H,26,27,28). The number of hydrogen-bond donors (Lipinski definition) is 2. The zero-order valence-electron chi connectivity index (χ0n) is 20.8. The topological polar surface area (TPSA) is 106 Å². The first kappa shape index (κ1) is 26.1. The van der Waals surface area contributed by atoms with Gasteiger partial charge in [-0.1, -0.05) is 0 Å². The second-order valence-electron chi connectivity index (χ2n) is 7.65. The molecule has 35 heavy (non-hydrogen) atoms. The molecule has 9 nitrogen and oxygen atoms in total. The summed E-state index contributed by atoms with van der Waals surface area (Å²) in [6.07, 6.45) is 0. The monoisotopic (exact) mass is 499 g/mol. The Morgan fingerprint density at radius 1 is 0.857 bits per heavy atom. The molecule has 0 fully saturated rings. The Balaban J connectivity index is 1.79. The Kier molecular flexibility index (Phi) is 8.75. The molecule has 0 unspecified atom stereocenters. The number of aromatic nitrogens is 2. The van der Waals surface area contributed by atoms with Crippen LogP contribution in [0.2, 0.25) is 0 Å². The van der Waals surface area contributed by atoms with Gasteiger partial charge in [0.05, 0.1) is 13.2 Å². The molecule has 0 saturated heterocycles. The van der Waals surface area contributed by atoms with Crippen LogP contribution in [-0.2, 0) is 10.0 Å². The van der Waals surface area contributed by atoms with Crippen LogP contribution in [0.15, 0.2) is 53.4 Å². The number of aryl methyl sites for hydroxylation is 1. The lowest BCUT2D eigenvalue weighted by Crippen LogP contribution is -2.23. The predicted octanol–water partition coefficient (Wildman–Crippen LogP) is 4.97. The van der Waals surface area contributed by atoms with E-state index in [1.165, 1.54) is 6.07 Å². The minimum absolute atomic E-state index is 0.0181. The Morgan fingerprint density at radius 2 is 1.51 bits per heavy atom. The molecule has 0 aliphatic carbocycles. The van der Waals surface area contributed by atoms with Gasteiger partial charge in [0, 0.05) is 42.3 Å². The highest BCUT2D eigenvalue weighted by atomic mass is 32.2. The van der Waals surface area contributed by atoms with E-state index in [1.54, 1.807) is 43.3 Å². The van der Waals surface area contributed by atoms with E-state index in [1.807, 2.05) is 19.9 Å². The molecule has 3 aromatic rings. The molecular formula is C25H33N5O4S. The summed E-state index contributed by atoms with van der Waals surface area (Å²) in [5.74, 6) is 2.06. The molecule has 0 radical (unpaired) electrons. The molecule has 0 saturated carbocycles. The Morgan fingerprint density at radius 3 is 2.14 bits per heavy atom. The van der Waals surface area contributed by atoms with E-state index in [2.05, 4.69) is 38.8 Å². The predicted molar refractivity (Wildman–Crippen MR) is 140 cm³/mol. The van der Waals surface area contributed by atoms with E-state index in [4.69, 9.17) is 9.47 Å². The number of nitrogens with zero attached hydrogens (tertiary/aromatic N) is 3. The molecule has 0 atom stereocenters. The van der Waals surface area contributed by atoms with E-state index in [9.17, 15) is 8.42 Å². The SMILES string of the molecule is CCOc1ccc(OCC)c(S(=O)(=O)Nc2ccc(Nc3nc(C)cc(N(CC)CC)n3)cc2)c1. The summed E-state index contributed by atoms with van der Waals surface area (Å²) in [5, 5.41) is 3.19.